The average Bonchev–Trinajstić information content (AvgIpc) is 3.07. The van der Waals surface area contributed by atoms with Gasteiger partial charge in [0.25, 0.3) is 5.91 Å². The number of aromatic nitrogens is 1. The van der Waals surface area contributed by atoms with Gasteiger partial charge < -0.3 is 20.3 Å². The summed E-state index contributed by atoms with van der Waals surface area (Å²) >= 11 is 0. The molecule has 0 aliphatic heterocycles. The van der Waals surface area contributed by atoms with Crippen molar-refractivity contribution in [1.82, 2.24) is 9.88 Å². The quantitative estimate of drug-likeness (QED) is 0.672. The number of carbonyl (C=O) groups is 1. The van der Waals surface area contributed by atoms with Crippen molar-refractivity contribution in [2.24, 2.45) is 5.73 Å². The molecule has 2 aromatic rings. The van der Waals surface area contributed by atoms with Crippen molar-refractivity contribution >= 4 is 5.91 Å². The van der Waals surface area contributed by atoms with Crippen LogP contribution in [-0.2, 0) is 16.8 Å². The molecule has 168 valence electrons. The van der Waals surface area contributed by atoms with E-state index in [1.54, 1.807) is 12.4 Å². The molecular formula is C24H33N3O4. The molecule has 0 spiro atoms. The molecule has 1 aliphatic carbocycles. The monoisotopic (exact) mass is 427 g/mol. The number of nitrogens with two attached hydrogens (primary N) is 1. The van der Waals surface area contributed by atoms with Gasteiger partial charge in [0.05, 0.1) is 6.20 Å². The number of hydrogen-bond acceptors (Lipinski definition) is 6. The van der Waals surface area contributed by atoms with Gasteiger partial charge in [0.2, 0.25) is 0 Å². The Morgan fingerprint density at radius 2 is 2.06 bits per heavy atom. The van der Waals surface area contributed by atoms with E-state index in [-0.39, 0.29) is 24.2 Å². The van der Waals surface area contributed by atoms with Crippen LogP contribution in [0.3, 0.4) is 0 Å². The maximum Gasteiger partial charge on any atom is 0.255 e. The van der Waals surface area contributed by atoms with Crippen LogP contribution in [0.25, 0.3) is 0 Å². The van der Waals surface area contributed by atoms with Gasteiger partial charge in [-0.25, -0.2) is 0 Å². The van der Waals surface area contributed by atoms with Gasteiger partial charge in [-0.2, -0.15) is 0 Å². The summed E-state index contributed by atoms with van der Waals surface area (Å²) in [5, 5.41) is 10.9. The zero-order chi connectivity index (χ0) is 22.6. The van der Waals surface area contributed by atoms with Gasteiger partial charge in [-0.1, -0.05) is 32.9 Å². The van der Waals surface area contributed by atoms with Crippen molar-refractivity contribution in [2.75, 3.05) is 13.7 Å². The van der Waals surface area contributed by atoms with Gasteiger partial charge in [0, 0.05) is 24.3 Å². The minimum atomic E-state index is -0.619. The molecular weight excluding hydrogens is 394 g/mol. The number of primary amides is 1. The van der Waals surface area contributed by atoms with Crippen molar-refractivity contribution in [3.63, 3.8) is 0 Å². The minimum absolute atomic E-state index is 0.0228. The molecule has 1 aliphatic rings. The summed E-state index contributed by atoms with van der Waals surface area (Å²) in [5.41, 5.74) is 7.37. The molecule has 3 rings (SSSR count). The van der Waals surface area contributed by atoms with Crippen LogP contribution < -0.4 is 15.2 Å². The maximum absolute atomic E-state index is 11.2. The fourth-order valence-corrected chi connectivity index (χ4v) is 3.97. The molecule has 3 atom stereocenters. The van der Waals surface area contributed by atoms with Gasteiger partial charge >= 0.3 is 0 Å². The van der Waals surface area contributed by atoms with E-state index < -0.39 is 12.0 Å². The predicted octanol–water partition coefficient (Wildman–Crippen LogP) is 2.65. The zero-order valence-electron chi connectivity index (χ0n) is 18.7. The molecule has 1 fully saturated rings. The minimum Gasteiger partial charge on any atom is -0.486 e. The lowest BCUT2D eigenvalue weighted by Crippen LogP contribution is -2.42. The number of hydrogen-bond donors (Lipinski definition) is 2. The van der Waals surface area contributed by atoms with E-state index in [1.165, 1.54) is 5.56 Å². The van der Waals surface area contributed by atoms with Crippen molar-refractivity contribution in [3.05, 3.63) is 53.9 Å². The molecule has 1 heterocycles. The number of rotatable bonds is 8. The lowest BCUT2D eigenvalue weighted by molar-refractivity contribution is -0.119. The third-order valence-corrected chi connectivity index (χ3v) is 5.73. The molecule has 1 saturated carbocycles. The van der Waals surface area contributed by atoms with Gasteiger partial charge in [-0.3, -0.25) is 14.7 Å². The Morgan fingerprint density at radius 1 is 1.29 bits per heavy atom. The molecule has 1 amide bonds. The van der Waals surface area contributed by atoms with E-state index in [0.29, 0.717) is 18.0 Å². The van der Waals surface area contributed by atoms with Crippen LogP contribution >= 0.6 is 0 Å². The average molecular weight is 428 g/mol. The lowest BCUT2D eigenvalue weighted by Gasteiger charge is -2.30. The van der Waals surface area contributed by atoms with Crippen molar-refractivity contribution < 1.29 is 19.4 Å². The molecule has 1 aromatic heterocycles. The third-order valence-electron chi connectivity index (χ3n) is 5.73. The summed E-state index contributed by atoms with van der Waals surface area (Å²) in [6, 6.07) is 9.63. The van der Waals surface area contributed by atoms with Crippen LogP contribution in [0.1, 0.15) is 44.7 Å². The first-order chi connectivity index (χ1) is 14.6. The number of ether oxygens (including phenoxy) is 2. The summed E-state index contributed by atoms with van der Waals surface area (Å²) in [7, 11) is 1.99. The van der Waals surface area contributed by atoms with Gasteiger partial charge in [-0.15, -0.1) is 0 Å². The number of nitrogens with zero attached hydrogens (tertiary/aromatic N) is 2. The topological polar surface area (TPSA) is 97.9 Å². The first-order valence-corrected chi connectivity index (χ1v) is 10.6. The molecule has 3 N–H and O–H groups in total. The Labute approximate surface area is 184 Å². The van der Waals surface area contributed by atoms with E-state index >= 15 is 0 Å². The number of carbonyl (C=O) groups excluding carboxylic acids is 1. The number of aliphatic hydroxyl groups excluding tert-OH is 1. The number of aliphatic hydroxyl groups is 1. The summed E-state index contributed by atoms with van der Waals surface area (Å²) in [4.78, 5) is 17.4. The number of likely N-dealkylation sites (N-methyl/N-ethyl adjacent to an activating group) is 1. The summed E-state index contributed by atoms with van der Waals surface area (Å²) in [6.07, 6.45) is 4.04. The van der Waals surface area contributed by atoms with Crippen molar-refractivity contribution in [2.45, 2.75) is 63.8 Å². The Hall–Kier alpha value is -2.64. The summed E-state index contributed by atoms with van der Waals surface area (Å²) < 4.78 is 11.6. The van der Waals surface area contributed by atoms with E-state index in [9.17, 15) is 9.90 Å². The van der Waals surface area contributed by atoms with Gasteiger partial charge in [0.1, 0.15) is 23.7 Å². The molecule has 0 radical (unpaired) electrons. The van der Waals surface area contributed by atoms with Crippen LogP contribution in [0.15, 0.2) is 42.7 Å². The fraction of sp³-hybridized carbons (Fsp3) is 0.500. The second-order valence-corrected chi connectivity index (χ2v) is 9.22. The van der Waals surface area contributed by atoms with Gasteiger partial charge in [0.15, 0.2) is 6.61 Å². The van der Waals surface area contributed by atoms with Crippen LogP contribution in [0.5, 0.6) is 11.5 Å². The van der Waals surface area contributed by atoms with Gasteiger partial charge in [-0.05, 0) is 49.1 Å². The van der Waals surface area contributed by atoms with E-state index in [0.717, 1.165) is 18.4 Å². The highest BCUT2D eigenvalue weighted by Crippen LogP contribution is 2.32. The van der Waals surface area contributed by atoms with E-state index in [1.807, 2.05) is 31.3 Å². The Kier molecular flexibility index (Phi) is 7.18. The van der Waals surface area contributed by atoms with E-state index in [2.05, 4.69) is 36.7 Å². The Bertz CT molecular complexity index is 882. The lowest BCUT2D eigenvalue weighted by atomic mass is 9.86. The standard InChI is InChI=1S/C24H33N3O4/c1-24(2,3)17-7-9-20(30-15-22(25)28)16(12-17)14-27(4)19-8-10-21(23(19)29)31-18-6-5-11-26-13-18/h5-7,9,11-13,19,21,23,29H,8,10,14-15H2,1-4H3,(H2,25,28)/t19-,21-,23-/m1/s1. The highest BCUT2D eigenvalue weighted by Gasteiger charge is 2.38. The van der Waals surface area contributed by atoms with Crippen LogP contribution in [0, 0.1) is 0 Å². The van der Waals surface area contributed by atoms with Crippen molar-refractivity contribution in [1.29, 1.82) is 0 Å². The maximum atomic E-state index is 11.2. The molecule has 0 unspecified atom stereocenters. The largest absolute Gasteiger partial charge is 0.486 e. The SMILES string of the molecule is CN(Cc1cc(C(C)(C)C)ccc1OCC(N)=O)[C@@H]1CC[C@@H](Oc2cccnc2)[C@@H]1O. The molecule has 1 aromatic carbocycles. The predicted molar refractivity (Wildman–Crippen MR) is 119 cm³/mol. The Balaban J connectivity index is 1.73. The summed E-state index contributed by atoms with van der Waals surface area (Å²) in [6.45, 7) is 6.86. The van der Waals surface area contributed by atoms with Crippen LogP contribution in [0.4, 0.5) is 0 Å². The van der Waals surface area contributed by atoms with Crippen molar-refractivity contribution in [3.8, 4) is 11.5 Å². The molecule has 0 bridgehead atoms. The van der Waals surface area contributed by atoms with Crippen LogP contribution in [-0.4, -0.2) is 52.8 Å². The highest BCUT2D eigenvalue weighted by molar-refractivity contribution is 5.75. The highest BCUT2D eigenvalue weighted by atomic mass is 16.5. The molecule has 0 saturated heterocycles. The number of pyridine rings is 1. The second kappa shape index (κ2) is 9.66. The second-order valence-electron chi connectivity index (χ2n) is 9.22. The third kappa shape index (κ3) is 5.95. The molecule has 7 nitrogen and oxygen atoms in total. The van der Waals surface area contributed by atoms with E-state index in [4.69, 9.17) is 15.2 Å². The summed E-state index contributed by atoms with van der Waals surface area (Å²) in [5.74, 6) is 0.782. The zero-order valence-corrected chi connectivity index (χ0v) is 18.7. The number of benzene rings is 1. The number of amides is 1. The van der Waals surface area contributed by atoms with Crippen LogP contribution in [0.2, 0.25) is 0 Å². The Morgan fingerprint density at radius 3 is 2.71 bits per heavy atom. The first-order valence-electron chi connectivity index (χ1n) is 10.6. The fourth-order valence-electron chi connectivity index (χ4n) is 3.97. The smallest absolute Gasteiger partial charge is 0.255 e. The normalized spacial score (nSPS) is 21.3. The molecule has 7 heteroatoms. The molecule has 31 heavy (non-hydrogen) atoms. The first kappa shape index (κ1) is 23.0.